The number of fused-ring (bicyclic) bond motifs is 1. The van der Waals surface area contributed by atoms with Crippen LogP contribution in [0.2, 0.25) is 10.0 Å². The fourth-order valence-electron chi connectivity index (χ4n) is 2.54. The number of hydrogen-bond acceptors (Lipinski definition) is 6. The number of ether oxygens (including phenoxy) is 2. The van der Waals surface area contributed by atoms with E-state index in [9.17, 15) is 4.79 Å². The lowest BCUT2D eigenvalue weighted by Gasteiger charge is -2.13. The average molecular weight is 438 g/mol. The molecule has 146 valence electrons. The molecule has 0 fully saturated rings. The maximum absolute atomic E-state index is 11.4. The number of carbonyl (C=O) groups is 1. The molecule has 2 N–H and O–H groups in total. The summed E-state index contributed by atoms with van der Waals surface area (Å²) < 4.78 is 10.7. The zero-order valence-electron chi connectivity index (χ0n) is 15.1. The van der Waals surface area contributed by atoms with Gasteiger partial charge < -0.3 is 20.1 Å². The Balaban J connectivity index is 2.03. The number of amidine groups is 1. The highest BCUT2D eigenvalue weighted by molar-refractivity contribution is 7.19. The monoisotopic (exact) mass is 437 g/mol. The molecule has 6 nitrogen and oxygen atoms in total. The first kappa shape index (κ1) is 20.3. The average Bonchev–Trinajstić information content (AvgIpc) is 2.98. The first-order valence-corrected chi connectivity index (χ1v) is 9.70. The first-order chi connectivity index (χ1) is 13.5. The van der Waals surface area contributed by atoms with Crippen molar-refractivity contribution in [2.24, 2.45) is 4.99 Å². The second-order valence-corrected chi connectivity index (χ2v) is 7.40. The van der Waals surface area contributed by atoms with Crippen molar-refractivity contribution >= 4 is 57.4 Å². The molecule has 2 heterocycles. The van der Waals surface area contributed by atoms with Gasteiger partial charge >= 0.3 is 0 Å². The van der Waals surface area contributed by atoms with E-state index in [1.807, 2.05) is 12.1 Å². The van der Waals surface area contributed by atoms with Gasteiger partial charge in [-0.3, -0.25) is 4.79 Å². The summed E-state index contributed by atoms with van der Waals surface area (Å²) in [7, 11) is 3.06. The van der Waals surface area contributed by atoms with Crippen molar-refractivity contribution in [3.8, 4) is 21.9 Å². The summed E-state index contributed by atoms with van der Waals surface area (Å²) in [5, 5.41) is 7.29. The van der Waals surface area contributed by atoms with Crippen molar-refractivity contribution in [3.05, 3.63) is 46.6 Å². The van der Waals surface area contributed by atoms with Crippen LogP contribution >= 0.6 is 34.5 Å². The van der Waals surface area contributed by atoms with Crippen LogP contribution in [0.15, 0.2) is 36.0 Å². The second-order valence-electron chi connectivity index (χ2n) is 5.61. The fourth-order valence-corrected chi connectivity index (χ4v) is 4.46. The predicted molar refractivity (Wildman–Crippen MR) is 115 cm³/mol. The number of carbonyl (C=O) groups excluding carboxylic acids is 1. The smallest absolute Gasteiger partial charge is 0.243 e. The molecule has 1 aliphatic rings. The van der Waals surface area contributed by atoms with E-state index < -0.39 is 0 Å². The normalized spacial score (nSPS) is 12.4. The molecule has 1 aromatic heterocycles. The molecule has 0 unspecified atom stereocenters. The SMILES string of the molecule is C=CC(=O)NCC1=Nc2sc(-c3c(Cl)c(OC)cc(OC)c3Cl)cc2C=CN1. The van der Waals surface area contributed by atoms with Crippen LogP contribution in [0.5, 0.6) is 11.5 Å². The van der Waals surface area contributed by atoms with Gasteiger partial charge in [0.05, 0.1) is 30.8 Å². The van der Waals surface area contributed by atoms with Crippen molar-refractivity contribution < 1.29 is 14.3 Å². The van der Waals surface area contributed by atoms with Gasteiger partial charge in [0.1, 0.15) is 22.3 Å². The highest BCUT2D eigenvalue weighted by atomic mass is 35.5. The van der Waals surface area contributed by atoms with Crippen molar-refractivity contribution in [3.63, 3.8) is 0 Å². The van der Waals surface area contributed by atoms with Gasteiger partial charge in [-0.1, -0.05) is 29.8 Å². The van der Waals surface area contributed by atoms with Gasteiger partial charge in [0.25, 0.3) is 0 Å². The molecule has 28 heavy (non-hydrogen) atoms. The molecule has 3 rings (SSSR count). The van der Waals surface area contributed by atoms with Crippen LogP contribution in [-0.2, 0) is 4.79 Å². The lowest BCUT2D eigenvalue weighted by molar-refractivity contribution is -0.116. The van der Waals surface area contributed by atoms with Crippen LogP contribution in [0, 0.1) is 0 Å². The van der Waals surface area contributed by atoms with Gasteiger partial charge in [-0.15, -0.1) is 11.3 Å². The van der Waals surface area contributed by atoms with Gasteiger partial charge in [0.15, 0.2) is 0 Å². The highest BCUT2D eigenvalue weighted by Crippen LogP contribution is 2.50. The van der Waals surface area contributed by atoms with Gasteiger partial charge in [-0.25, -0.2) is 4.99 Å². The Morgan fingerprint density at radius 3 is 2.57 bits per heavy atom. The molecular formula is C19H17Cl2N3O3S. The lowest BCUT2D eigenvalue weighted by atomic mass is 10.1. The summed E-state index contributed by atoms with van der Waals surface area (Å²) in [6.45, 7) is 3.68. The van der Waals surface area contributed by atoms with Crippen LogP contribution in [0.4, 0.5) is 5.00 Å². The first-order valence-electron chi connectivity index (χ1n) is 8.13. The molecule has 0 saturated heterocycles. The zero-order chi connectivity index (χ0) is 20.3. The number of hydrogen-bond donors (Lipinski definition) is 2. The summed E-state index contributed by atoms with van der Waals surface area (Å²) in [6, 6.07) is 3.59. The van der Waals surface area contributed by atoms with E-state index in [1.54, 1.807) is 12.3 Å². The summed E-state index contributed by atoms with van der Waals surface area (Å²) in [4.78, 5) is 16.8. The molecule has 1 aromatic carbocycles. The third-order valence-electron chi connectivity index (χ3n) is 3.93. The Labute approximate surface area is 176 Å². The molecule has 1 amide bonds. The van der Waals surface area contributed by atoms with E-state index in [-0.39, 0.29) is 12.5 Å². The van der Waals surface area contributed by atoms with Crippen molar-refractivity contribution in [2.45, 2.75) is 0 Å². The Bertz CT molecular complexity index is 971. The van der Waals surface area contributed by atoms with E-state index in [0.717, 1.165) is 15.4 Å². The zero-order valence-corrected chi connectivity index (χ0v) is 17.5. The topological polar surface area (TPSA) is 72.0 Å². The van der Waals surface area contributed by atoms with Crippen LogP contribution in [0.25, 0.3) is 16.5 Å². The number of methoxy groups -OCH3 is 2. The largest absolute Gasteiger partial charge is 0.495 e. The Morgan fingerprint density at radius 1 is 1.29 bits per heavy atom. The molecule has 0 saturated carbocycles. The molecule has 0 aliphatic carbocycles. The van der Waals surface area contributed by atoms with Crippen molar-refractivity contribution in [1.29, 1.82) is 0 Å². The molecule has 2 aromatic rings. The third-order valence-corrected chi connectivity index (χ3v) is 5.74. The molecule has 0 bridgehead atoms. The minimum absolute atomic E-state index is 0.246. The number of rotatable bonds is 6. The molecular weight excluding hydrogens is 421 g/mol. The summed E-state index contributed by atoms with van der Waals surface area (Å²) in [5.74, 6) is 1.26. The lowest BCUT2D eigenvalue weighted by Crippen LogP contribution is -2.33. The minimum atomic E-state index is -0.271. The summed E-state index contributed by atoms with van der Waals surface area (Å²) in [5.41, 5.74) is 1.52. The van der Waals surface area contributed by atoms with Crippen molar-refractivity contribution in [1.82, 2.24) is 10.6 Å². The number of amides is 1. The number of thiophene rings is 1. The van der Waals surface area contributed by atoms with Crippen LogP contribution in [0.3, 0.4) is 0 Å². The Kier molecular flexibility index (Phi) is 6.28. The Hall–Kier alpha value is -2.48. The number of nitrogens with zero attached hydrogens (tertiary/aromatic N) is 1. The molecule has 9 heteroatoms. The van der Waals surface area contributed by atoms with E-state index in [0.29, 0.717) is 32.9 Å². The van der Waals surface area contributed by atoms with E-state index in [4.69, 9.17) is 32.7 Å². The van der Waals surface area contributed by atoms with E-state index in [2.05, 4.69) is 22.2 Å². The molecule has 0 spiro atoms. The van der Waals surface area contributed by atoms with Crippen LogP contribution < -0.4 is 20.1 Å². The fraction of sp³-hybridized carbons (Fsp3) is 0.158. The van der Waals surface area contributed by atoms with Crippen molar-refractivity contribution in [2.75, 3.05) is 20.8 Å². The highest BCUT2D eigenvalue weighted by Gasteiger charge is 2.22. The van der Waals surface area contributed by atoms with E-state index >= 15 is 0 Å². The van der Waals surface area contributed by atoms with E-state index in [1.165, 1.54) is 31.6 Å². The summed E-state index contributed by atoms with van der Waals surface area (Å²) >= 11 is 14.5. The number of aliphatic imine (C=N–C) groups is 1. The molecule has 0 radical (unpaired) electrons. The number of benzene rings is 1. The van der Waals surface area contributed by atoms with Gasteiger partial charge in [-0.2, -0.15) is 0 Å². The number of halogens is 2. The quantitative estimate of drug-likeness (QED) is 0.645. The molecule has 0 atom stereocenters. The van der Waals surface area contributed by atoms with Gasteiger partial charge in [-0.05, 0) is 18.2 Å². The predicted octanol–water partition coefficient (Wildman–Crippen LogP) is 4.65. The maximum atomic E-state index is 11.4. The standard InChI is InChI=1S/C19H17Cl2N3O3S/c1-4-15(25)23-9-14-22-6-5-10-7-13(28-19(10)24-14)16-17(20)11(26-2)8-12(27-3)18(16)21/h4-8H,1,9H2,2-3H3,(H,22,24)(H,23,25). The summed E-state index contributed by atoms with van der Waals surface area (Å²) in [6.07, 6.45) is 4.86. The van der Waals surface area contributed by atoms with Gasteiger partial charge in [0.2, 0.25) is 5.91 Å². The maximum Gasteiger partial charge on any atom is 0.243 e. The van der Waals surface area contributed by atoms with Crippen LogP contribution in [0.1, 0.15) is 5.56 Å². The second kappa shape index (κ2) is 8.68. The minimum Gasteiger partial charge on any atom is -0.495 e. The Morgan fingerprint density at radius 2 is 1.96 bits per heavy atom. The molecule has 1 aliphatic heterocycles. The number of nitrogens with one attached hydrogen (secondary N) is 2. The third kappa shape index (κ3) is 4.01. The van der Waals surface area contributed by atoms with Gasteiger partial charge in [0, 0.05) is 28.3 Å². The van der Waals surface area contributed by atoms with Crippen LogP contribution in [-0.4, -0.2) is 32.5 Å².